The van der Waals surface area contributed by atoms with Crippen LogP contribution in [-0.4, -0.2) is 60.9 Å². The topological polar surface area (TPSA) is 61.8 Å². The Bertz CT molecular complexity index is 324. The van der Waals surface area contributed by atoms with Gasteiger partial charge in [0.25, 0.3) is 0 Å². The Balaban J connectivity index is 2.13. The number of nitrogens with zero attached hydrogens (tertiary/aromatic N) is 1. The van der Waals surface area contributed by atoms with Crippen LogP contribution in [0.4, 0.5) is 0 Å². The molecular weight excluding hydrogens is 256 g/mol. The number of morpholine rings is 1. The first-order chi connectivity index (χ1) is 9.63. The van der Waals surface area contributed by atoms with Gasteiger partial charge in [0.05, 0.1) is 30.8 Å². The molecule has 1 amide bonds. The maximum absolute atomic E-state index is 13.1. The molecule has 116 valence electrons. The van der Waals surface area contributed by atoms with E-state index in [2.05, 4.69) is 12.2 Å². The predicted octanol–water partition coefficient (Wildman–Crippen LogP) is 0.764. The van der Waals surface area contributed by atoms with E-state index in [9.17, 15) is 9.90 Å². The summed E-state index contributed by atoms with van der Waals surface area (Å²) < 4.78 is 5.54. The molecule has 0 aromatic carbocycles. The Morgan fingerprint density at radius 3 is 2.75 bits per heavy atom. The van der Waals surface area contributed by atoms with Gasteiger partial charge in [0, 0.05) is 6.54 Å². The van der Waals surface area contributed by atoms with Crippen molar-refractivity contribution in [2.75, 3.05) is 32.8 Å². The van der Waals surface area contributed by atoms with Crippen molar-refractivity contribution >= 4 is 5.91 Å². The van der Waals surface area contributed by atoms with Crippen LogP contribution in [0.25, 0.3) is 0 Å². The number of rotatable bonds is 4. The van der Waals surface area contributed by atoms with Gasteiger partial charge in [0.2, 0.25) is 5.91 Å². The minimum absolute atomic E-state index is 0.0150. The third kappa shape index (κ3) is 3.15. The first-order valence-corrected chi connectivity index (χ1v) is 7.87. The summed E-state index contributed by atoms with van der Waals surface area (Å²) in [6.45, 7) is 7.07. The Labute approximate surface area is 121 Å². The van der Waals surface area contributed by atoms with E-state index in [1.54, 1.807) is 0 Å². The quantitative estimate of drug-likeness (QED) is 0.800. The van der Waals surface area contributed by atoms with Gasteiger partial charge in [0.15, 0.2) is 0 Å². The molecule has 0 spiro atoms. The lowest BCUT2D eigenvalue weighted by molar-refractivity contribution is -0.159. The lowest BCUT2D eigenvalue weighted by atomic mass is 9.74. The zero-order valence-electron chi connectivity index (χ0n) is 12.7. The first-order valence-electron chi connectivity index (χ1n) is 7.87. The number of carbonyl (C=O) groups excluding carboxylic acids is 1. The normalized spacial score (nSPS) is 30.2. The summed E-state index contributed by atoms with van der Waals surface area (Å²) in [7, 11) is 0. The third-order valence-corrected chi connectivity index (χ3v) is 4.71. The van der Waals surface area contributed by atoms with Crippen LogP contribution in [0.1, 0.15) is 39.5 Å². The predicted molar refractivity (Wildman–Crippen MR) is 77.4 cm³/mol. The van der Waals surface area contributed by atoms with Crippen LogP contribution >= 0.6 is 0 Å². The van der Waals surface area contributed by atoms with Gasteiger partial charge in [-0.05, 0) is 39.3 Å². The lowest BCUT2D eigenvalue weighted by Gasteiger charge is -2.45. The lowest BCUT2D eigenvalue weighted by Crippen LogP contribution is -2.58. The highest BCUT2D eigenvalue weighted by atomic mass is 16.5. The van der Waals surface area contributed by atoms with Crippen LogP contribution in [0.3, 0.4) is 0 Å². The van der Waals surface area contributed by atoms with Crippen molar-refractivity contribution < 1.29 is 14.6 Å². The molecule has 2 fully saturated rings. The number of aliphatic hydroxyl groups excluding tert-OH is 1. The Morgan fingerprint density at radius 2 is 2.15 bits per heavy atom. The number of hydrogen-bond donors (Lipinski definition) is 2. The average molecular weight is 284 g/mol. The second-order valence-electron chi connectivity index (χ2n) is 6.22. The maximum atomic E-state index is 13.1. The largest absolute Gasteiger partial charge is 0.394 e. The molecule has 2 N–H and O–H groups in total. The fourth-order valence-corrected chi connectivity index (χ4v) is 3.47. The van der Waals surface area contributed by atoms with Crippen LogP contribution in [0, 0.1) is 5.41 Å². The number of aliphatic hydroxyl groups is 1. The van der Waals surface area contributed by atoms with E-state index >= 15 is 0 Å². The van der Waals surface area contributed by atoms with E-state index in [0.717, 1.165) is 38.8 Å². The molecule has 2 unspecified atom stereocenters. The van der Waals surface area contributed by atoms with Crippen molar-refractivity contribution in [2.24, 2.45) is 5.41 Å². The van der Waals surface area contributed by atoms with Gasteiger partial charge in [-0.3, -0.25) is 4.79 Å². The molecule has 2 atom stereocenters. The van der Waals surface area contributed by atoms with E-state index < -0.39 is 0 Å². The minimum atomic E-state index is -0.226. The van der Waals surface area contributed by atoms with Gasteiger partial charge in [0.1, 0.15) is 0 Å². The van der Waals surface area contributed by atoms with Crippen LogP contribution in [-0.2, 0) is 9.53 Å². The van der Waals surface area contributed by atoms with E-state index in [4.69, 9.17) is 4.74 Å². The van der Waals surface area contributed by atoms with Gasteiger partial charge in [-0.15, -0.1) is 0 Å². The zero-order valence-corrected chi connectivity index (χ0v) is 12.7. The van der Waals surface area contributed by atoms with Crippen molar-refractivity contribution in [3.63, 3.8) is 0 Å². The van der Waals surface area contributed by atoms with E-state index in [0.29, 0.717) is 13.2 Å². The molecule has 2 aliphatic heterocycles. The summed E-state index contributed by atoms with van der Waals surface area (Å²) in [5, 5.41) is 12.6. The molecule has 0 aromatic heterocycles. The number of hydrogen-bond acceptors (Lipinski definition) is 4. The first kappa shape index (κ1) is 15.7. The number of piperidine rings is 1. The second kappa shape index (κ2) is 6.87. The molecule has 5 nitrogen and oxygen atoms in total. The van der Waals surface area contributed by atoms with Gasteiger partial charge >= 0.3 is 0 Å². The van der Waals surface area contributed by atoms with Gasteiger partial charge in [-0.2, -0.15) is 0 Å². The minimum Gasteiger partial charge on any atom is -0.394 e. The fourth-order valence-electron chi connectivity index (χ4n) is 3.47. The average Bonchev–Trinajstić information content (AvgIpc) is 2.48. The van der Waals surface area contributed by atoms with Crippen molar-refractivity contribution in [3.8, 4) is 0 Å². The SMILES string of the molecule is CCCC1(C(=O)N2CC(CO)OCC2C)CCNCC1. The number of nitrogens with one attached hydrogen (secondary N) is 1. The molecule has 0 saturated carbocycles. The molecule has 0 radical (unpaired) electrons. The smallest absolute Gasteiger partial charge is 0.229 e. The second-order valence-corrected chi connectivity index (χ2v) is 6.22. The molecular formula is C15H28N2O3. The van der Waals surface area contributed by atoms with Crippen LogP contribution in [0.15, 0.2) is 0 Å². The van der Waals surface area contributed by atoms with E-state index in [1.807, 2.05) is 11.8 Å². The Hall–Kier alpha value is -0.650. The van der Waals surface area contributed by atoms with Crippen molar-refractivity contribution in [1.29, 1.82) is 0 Å². The van der Waals surface area contributed by atoms with Gasteiger partial charge in [-0.1, -0.05) is 13.3 Å². The van der Waals surface area contributed by atoms with Crippen LogP contribution in [0.5, 0.6) is 0 Å². The fraction of sp³-hybridized carbons (Fsp3) is 0.933. The molecule has 2 heterocycles. The summed E-state index contributed by atoms with van der Waals surface area (Å²) in [5.74, 6) is 0.273. The summed E-state index contributed by atoms with van der Waals surface area (Å²) in [6.07, 6.45) is 3.62. The highest BCUT2D eigenvalue weighted by Gasteiger charge is 2.43. The van der Waals surface area contributed by atoms with Gasteiger partial charge in [-0.25, -0.2) is 0 Å². The zero-order chi connectivity index (χ0) is 14.6. The van der Waals surface area contributed by atoms with Crippen LogP contribution in [0.2, 0.25) is 0 Å². The standard InChI is InChI=1S/C15H28N2O3/c1-3-4-15(5-7-16-8-6-15)14(19)17-9-13(10-18)20-11-12(17)2/h12-13,16,18H,3-11H2,1-2H3. The number of carbonyl (C=O) groups is 1. The molecule has 0 aromatic rings. The Kier molecular flexibility index (Phi) is 5.41. The van der Waals surface area contributed by atoms with Crippen molar-refractivity contribution in [3.05, 3.63) is 0 Å². The molecule has 2 rings (SSSR count). The Morgan fingerprint density at radius 1 is 1.45 bits per heavy atom. The highest BCUT2D eigenvalue weighted by molar-refractivity contribution is 5.83. The summed E-state index contributed by atoms with van der Waals surface area (Å²) >= 11 is 0. The maximum Gasteiger partial charge on any atom is 0.229 e. The summed E-state index contributed by atoms with van der Waals surface area (Å²) in [6, 6.07) is 0.105. The number of amides is 1. The molecule has 5 heteroatoms. The number of ether oxygens (including phenoxy) is 1. The molecule has 0 aliphatic carbocycles. The molecule has 20 heavy (non-hydrogen) atoms. The molecule has 2 aliphatic rings. The summed E-state index contributed by atoms with van der Waals surface area (Å²) in [4.78, 5) is 15.0. The highest BCUT2D eigenvalue weighted by Crippen LogP contribution is 2.37. The van der Waals surface area contributed by atoms with Gasteiger partial charge < -0.3 is 20.1 Å². The van der Waals surface area contributed by atoms with Crippen molar-refractivity contribution in [1.82, 2.24) is 10.2 Å². The summed E-state index contributed by atoms with van der Waals surface area (Å²) in [5.41, 5.74) is -0.203. The molecule has 2 saturated heterocycles. The van der Waals surface area contributed by atoms with Crippen molar-refractivity contribution in [2.45, 2.75) is 51.7 Å². The van der Waals surface area contributed by atoms with Crippen LogP contribution < -0.4 is 5.32 Å². The van der Waals surface area contributed by atoms with E-state index in [-0.39, 0.29) is 30.1 Å². The monoisotopic (exact) mass is 284 g/mol. The molecule has 0 bridgehead atoms. The third-order valence-electron chi connectivity index (χ3n) is 4.71. The van der Waals surface area contributed by atoms with E-state index in [1.165, 1.54) is 0 Å².